The summed E-state index contributed by atoms with van der Waals surface area (Å²) in [5.74, 6) is -1.97. The van der Waals surface area contributed by atoms with E-state index >= 15 is 0 Å². The van der Waals surface area contributed by atoms with E-state index in [0.717, 1.165) is 12.8 Å². The Labute approximate surface area is 355 Å². The molecular weight excluding hydrogens is 806 g/mol. The van der Waals surface area contributed by atoms with Gasteiger partial charge >= 0.3 is 5.91 Å². The highest BCUT2D eigenvalue weighted by molar-refractivity contribution is 6.39. The number of amides is 3. The van der Waals surface area contributed by atoms with Gasteiger partial charge in [0.05, 0.1) is 11.2 Å². The standard InChI is InChI=1S/C43H50Cl4N6O4/c1-2-3-4-5-6-7-8-9-10-11-12-13-14-15-17-30(44)24-29-25-37(55)53(42(29)57)33-18-16-23-43(28-33,38-35(46)26-31(45)27-36(38)47)48-40-39(41(56)52-51-40)50-49-32-19-21-34(54)22-20-32/h13-14,16,18-23,26-27,29-30,48,54H,2-12,15,17,24-25,28H2,1H3. The van der Waals surface area contributed by atoms with Gasteiger partial charge in [0.2, 0.25) is 11.8 Å². The van der Waals surface area contributed by atoms with Gasteiger partial charge in [0, 0.05) is 50.5 Å². The van der Waals surface area contributed by atoms with Crippen LogP contribution in [0, 0.1) is 5.92 Å². The number of azo groups is 2. The molecule has 57 heavy (non-hydrogen) atoms. The zero-order valence-corrected chi connectivity index (χ0v) is 35.3. The summed E-state index contributed by atoms with van der Waals surface area (Å²) in [6.07, 6.45) is 25.6. The van der Waals surface area contributed by atoms with E-state index in [1.165, 1.54) is 106 Å². The maximum Gasteiger partial charge on any atom is 0.319 e. The third-order valence-electron chi connectivity index (χ3n) is 10.3. The van der Waals surface area contributed by atoms with E-state index in [1.807, 2.05) is 0 Å². The molecule has 14 heteroatoms. The molecule has 0 bridgehead atoms. The maximum absolute atomic E-state index is 13.9. The predicted octanol–water partition coefficient (Wildman–Crippen LogP) is 12.9. The van der Waals surface area contributed by atoms with Gasteiger partial charge in [-0.25, -0.2) is 0 Å². The highest BCUT2D eigenvalue weighted by Crippen LogP contribution is 2.45. The minimum absolute atomic E-state index is 0.00147. The lowest BCUT2D eigenvalue weighted by molar-refractivity contribution is -0.137. The Morgan fingerprint density at radius 2 is 1.56 bits per heavy atom. The minimum atomic E-state index is -1.35. The Bertz CT molecular complexity index is 1920. The van der Waals surface area contributed by atoms with Crippen molar-refractivity contribution in [3.05, 3.63) is 105 Å². The molecule has 3 amide bonds. The van der Waals surface area contributed by atoms with E-state index < -0.39 is 17.4 Å². The zero-order valence-electron chi connectivity index (χ0n) is 32.2. The van der Waals surface area contributed by atoms with E-state index in [0.29, 0.717) is 34.8 Å². The fourth-order valence-corrected chi connectivity index (χ4v) is 8.84. The number of hydrogen-bond donors (Lipinski definition) is 2. The molecule has 3 unspecified atom stereocenters. The van der Waals surface area contributed by atoms with Crippen LogP contribution in [0.5, 0.6) is 5.75 Å². The van der Waals surface area contributed by atoms with Crippen molar-refractivity contribution in [1.29, 1.82) is 0 Å². The number of benzene rings is 2. The molecule has 2 aromatic carbocycles. The summed E-state index contributed by atoms with van der Waals surface area (Å²) in [7, 11) is 0. The number of phenols is 1. The molecule has 3 atom stereocenters. The number of nitrogens with one attached hydrogen (secondary N) is 1. The molecule has 0 aromatic heterocycles. The van der Waals surface area contributed by atoms with E-state index in [1.54, 1.807) is 18.2 Å². The van der Waals surface area contributed by atoms with E-state index in [-0.39, 0.29) is 57.3 Å². The number of rotatable bonds is 22. The number of phenolic OH excluding ortho intramolecular Hbond substituents is 1. The number of nitrogens with zero attached hydrogens (tertiary/aromatic N) is 5. The molecule has 0 saturated carbocycles. The molecule has 2 heterocycles. The largest absolute Gasteiger partial charge is 0.508 e. The molecule has 10 nitrogen and oxygen atoms in total. The van der Waals surface area contributed by atoms with Crippen LogP contribution in [0.3, 0.4) is 0 Å². The molecule has 0 spiro atoms. The summed E-state index contributed by atoms with van der Waals surface area (Å²) < 4.78 is 0. The van der Waals surface area contributed by atoms with Gasteiger partial charge in [-0.05, 0) is 74.6 Å². The molecule has 3 aliphatic rings. The van der Waals surface area contributed by atoms with E-state index in [9.17, 15) is 19.5 Å². The lowest BCUT2D eigenvalue weighted by Crippen LogP contribution is -2.45. The number of carbonyl (C=O) groups is 3. The van der Waals surface area contributed by atoms with Crippen LogP contribution in [0.2, 0.25) is 15.1 Å². The summed E-state index contributed by atoms with van der Waals surface area (Å²) in [5, 5.41) is 29.2. The van der Waals surface area contributed by atoms with Crippen LogP contribution in [0.15, 0.2) is 104 Å². The summed E-state index contributed by atoms with van der Waals surface area (Å²) in [5.41, 5.74) is -0.416. The average molecular weight is 857 g/mol. The molecule has 1 saturated heterocycles. The molecule has 1 fully saturated rings. The smallest absolute Gasteiger partial charge is 0.319 e. The highest BCUT2D eigenvalue weighted by Gasteiger charge is 2.46. The number of aromatic hydroxyl groups is 1. The van der Waals surface area contributed by atoms with Crippen LogP contribution in [-0.4, -0.2) is 33.1 Å². The van der Waals surface area contributed by atoms with Crippen LogP contribution in [0.4, 0.5) is 5.69 Å². The molecule has 2 N–H and O–H groups in total. The topological polar surface area (TPSA) is 136 Å². The van der Waals surface area contributed by atoms with Gasteiger partial charge in [0.15, 0.2) is 11.5 Å². The monoisotopic (exact) mass is 854 g/mol. The van der Waals surface area contributed by atoms with Gasteiger partial charge in [-0.3, -0.25) is 19.3 Å². The fraction of sp³-hybridized carbons (Fsp3) is 0.465. The number of alkyl halides is 1. The predicted molar refractivity (Wildman–Crippen MR) is 227 cm³/mol. The Morgan fingerprint density at radius 3 is 2.25 bits per heavy atom. The third-order valence-corrected chi connectivity index (χ3v) is 11.5. The minimum Gasteiger partial charge on any atom is -0.508 e. The normalized spacial score (nSPS) is 20.2. The molecular formula is C43H50Cl4N6O4. The number of halogens is 4. The van der Waals surface area contributed by atoms with Crippen LogP contribution in [0.25, 0.3) is 0 Å². The third kappa shape index (κ3) is 12.3. The lowest BCUT2D eigenvalue weighted by atomic mass is 9.81. The first-order valence-corrected chi connectivity index (χ1v) is 21.5. The van der Waals surface area contributed by atoms with E-state index in [2.05, 4.69) is 44.8 Å². The first-order valence-electron chi connectivity index (χ1n) is 19.9. The Hall–Kier alpha value is -3.83. The first-order chi connectivity index (χ1) is 27.5. The Balaban J connectivity index is 1.21. The number of allylic oxidation sites excluding steroid dienone is 4. The van der Waals surface area contributed by atoms with Crippen molar-refractivity contribution in [2.75, 3.05) is 0 Å². The number of hydrogen-bond acceptors (Lipinski definition) is 8. The van der Waals surface area contributed by atoms with Crippen LogP contribution >= 0.6 is 46.4 Å². The molecule has 304 valence electrons. The van der Waals surface area contributed by atoms with Gasteiger partial charge in [-0.1, -0.05) is 124 Å². The average Bonchev–Trinajstić information content (AvgIpc) is 3.65. The lowest BCUT2D eigenvalue weighted by Gasteiger charge is -2.38. The second-order valence-electron chi connectivity index (χ2n) is 14.8. The zero-order chi connectivity index (χ0) is 40.8. The van der Waals surface area contributed by atoms with Gasteiger partial charge in [0.25, 0.3) is 0 Å². The Kier molecular flexibility index (Phi) is 16.9. The first kappa shape index (κ1) is 44.3. The van der Waals surface area contributed by atoms with Crippen molar-refractivity contribution in [2.45, 2.75) is 121 Å². The molecule has 5 rings (SSSR count). The van der Waals surface area contributed by atoms with Crippen LogP contribution < -0.4 is 5.32 Å². The van der Waals surface area contributed by atoms with Crippen molar-refractivity contribution >= 4 is 69.8 Å². The number of imide groups is 1. The maximum atomic E-state index is 13.9. The summed E-state index contributed by atoms with van der Waals surface area (Å²) in [6, 6.07) is 8.97. The molecule has 2 aliphatic heterocycles. The number of carbonyl (C=O) groups excluding carboxylic acids is 3. The summed E-state index contributed by atoms with van der Waals surface area (Å²) >= 11 is 26.6. The summed E-state index contributed by atoms with van der Waals surface area (Å²) in [4.78, 5) is 41.5. The second kappa shape index (κ2) is 21.8. The van der Waals surface area contributed by atoms with Crippen molar-refractivity contribution < 1.29 is 19.5 Å². The second-order valence-corrected chi connectivity index (χ2v) is 16.6. The molecule has 2 aromatic rings. The van der Waals surface area contributed by atoms with Crippen molar-refractivity contribution in [2.24, 2.45) is 26.4 Å². The highest BCUT2D eigenvalue weighted by atomic mass is 35.5. The fourth-order valence-electron chi connectivity index (χ4n) is 7.34. The number of unbranched alkanes of at least 4 members (excludes halogenated alkanes) is 10. The number of likely N-dealkylation sites (tertiary alicyclic amines) is 1. The van der Waals surface area contributed by atoms with Crippen LogP contribution in [-0.2, 0) is 19.9 Å². The van der Waals surface area contributed by atoms with Crippen molar-refractivity contribution in [3.63, 3.8) is 0 Å². The van der Waals surface area contributed by atoms with Gasteiger partial charge in [0.1, 0.15) is 5.75 Å². The van der Waals surface area contributed by atoms with Gasteiger partial charge < -0.3 is 10.4 Å². The van der Waals surface area contributed by atoms with E-state index in [4.69, 9.17) is 46.4 Å². The van der Waals surface area contributed by atoms with Crippen molar-refractivity contribution in [1.82, 2.24) is 10.2 Å². The van der Waals surface area contributed by atoms with Gasteiger partial charge in [-0.2, -0.15) is 5.11 Å². The SMILES string of the molecule is CCCCCCCCCCCCC=CCCC(Cl)CC1CC(=O)N(C2=CC=CC(NC3=C(N=Nc4ccc(O)cc4)C(=O)N=N3)(c3c(Cl)cc(Cl)cc3Cl)C2)C1=O. The Morgan fingerprint density at radius 1 is 0.912 bits per heavy atom. The molecule has 0 radical (unpaired) electrons. The summed E-state index contributed by atoms with van der Waals surface area (Å²) in [6.45, 7) is 2.25. The van der Waals surface area contributed by atoms with Gasteiger partial charge in [-0.15, -0.1) is 26.9 Å². The van der Waals surface area contributed by atoms with Crippen LogP contribution in [0.1, 0.15) is 115 Å². The quantitative estimate of drug-likeness (QED) is 0.0399. The van der Waals surface area contributed by atoms with Crippen molar-refractivity contribution in [3.8, 4) is 5.75 Å². The molecule has 1 aliphatic carbocycles.